The molecule has 1 amide bonds. The van der Waals surface area contributed by atoms with E-state index in [4.69, 9.17) is 0 Å². The highest BCUT2D eigenvalue weighted by Gasteiger charge is 2.42. The minimum absolute atomic E-state index is 0.0235. The molecule has 8 heteroatoms. The van der Waals surface area contributed by atoms with Crippen LogP contribution in [-0.2, 0) is 12.8 Å². The van der Waals surface area contributed by atoms with Crippen molar-refractivity contribution in [1.29, 1.82) is 0 Å². The topological polar surface area (TPSA) is 59.3 Å². The number of carbonyl (C=O) groups excluding carboxylic acids is 1. The third-order valence-electron chi connectivity index (χ3n) is 6.79. The summed E-state index contributed by atoms with van der Waals surface area (Å²) in [7, 11) is 0. The Hall–Kier alpha value is -3.68. The Morgan fingerprint density at radius 3 is 2.49 bits per heavy atom. The molecule has 1 heterocycles. The van der Waals surface area contributed by atoms with Gasteiger partial charge in [0.2, 0.25) is 0 Å². The minimum atomic E-state index is -4.21. The molecule has 1 aromatic carbocycles. The van der Waals surface area contributed by atoms with Crippen LogP contribution in [0.15, 0.2) is 65.7 Å². The van der Waals surface area contributed by atoms with Gasteiger partial charge in [-0.05, 0) is 75.3 Å². The molecular formula is C31H37F3N4O. The molecule has 0 radical (unpaired) electrons. The highest BCUT2D eigenvalue weighted by Crippen LogP contribution is 2.40. The van der Waals surface area contributed by atoms with Gasteiger partial charge in [0.15, 0.2) is 0 Å². The molecule has 39 heavy (non-hydrogen) atoms. The normalized spacial score (nSPS) is 17.1. The van der Waals surface area contributed by atoms with Gasteiger partial charge in [0.25, 0.3) is 5.91 Å². The van der Waals surface area contributed by atoms with Gasteiger partial charge in [-0.1, -0.05) is 50.8 Å². The number of hydrogen-bond donors (Lipinski definition) is 1. The molecule has 1 atom stereocenters. The molecule has 1 N–H and O–H groups in total. The first-order chi connectivity index (χ1) is 18.5. The third-order valence-corrected chi connectivity index (χ3v) is 6.79. The van der Waals surface area contributed by atoms with Crippen LogP contribution >= 0.6 is 0 Å². The predicted molar refractivity (Wildman–Crippen MR) is 154 cm³/mol. The number of aromatic nitrogens is 2. The van der Waals surface area contributed by atoms with E-state index < -0.39 is 12.1 Å². The summed E-state index contributed by atoms with van der Waals surface area (Å²) in [5.74, 6) is -0.785. The molecule has 0 spiro atoms. The fraction of sp³-hybridized carbons (Fsp3) is 0.387. The Labute approximate surface area is 228 Å². The zero-order valence-electron chi connectivity index (χ0n) is 23.2. The van der Waals surface area contributed by atoms with E-state index in [0.29, 0.717) is 34.8 Å². The Balaban J connectivity index is 1.80. The van der Waals surface area contributed by atoms with Crippen molar-refractivity contribution in [2.75, 3.05) is 5.32 Å². The lowest BCUT2D eigenvalue weighted by Gasteiger charge is -2.28. The van der Waals surface area contributed by atoms with Crippen molar-refractivity contribution < 1.29 is 18.0 Å². The first kappa shape index (κ1) is 29.9. The Bertz CT molecular complexity index is 1310. The number of rotatable bonds is 9. The number of nitrogens with zero attached hydrogens (tertiary/aromatic N) is 3. The van der Waals surface area contributed by atoms with Crippen molar-refractivity contribution in [3.8, 4) is 0 Å². The van der Waals surface area contributed by atoms with Crippen LogP contribution in [-0.4, -0.2) is 27.3 Å². The van der Waals surface area contributed by atoms with Crippen LogP contribution in [0, 0.1) is 5.92 Å². The second-order valence-corrected chi connectivity index (χ2v) is 9.87. The Kier molecular flexibility index (Phi) is 9.89. The Morgan fingerprint density at radius 1 is 1.23 bits per heavy atom. The molecule has 0 bridgehead atoms. The number of halogens is 3. The van der Waals surface area contributed by atoms with Gasteiger partial charge in [0, 0.05) is 24.0 Å². The number of nitrogens with one attached hydrogen (secondary N) is 1. The van der Waals surface area contributed by atoms with E-state index in [2.05, 4.69) is 35.4 Å². The van der Waals surface area contributed by atoms with Crippen LogP contribution in [0.2, 0.25) is 0 Å². The van der Waals surface area contributed by atoms with E-state index in [1.807, 2.05) is 25.3 Å². The average Bonchev–Trinajstić information content (AvgIpc) is 3.24. The Morgan fingerprint density at radius 2 is 1.92 bits per heavy atom. The van der Waals surface area contributed by atoms with Crippen molar-refractivity contribution >= 4 is 29.2 Å². The molecule has 3 rings (SSSR count). The van der Waals surface area contributed by atoms with Crippen molar-refractivity contribution in [3.05, 3.63) is 83.5 Å². The van der Waals surface area contributed by atoms with E-state index in [1.165, 1.54) is 0 Å². The maximum absolute atomic E-state index is 13.3. The monoisotopic (exact) mass is 538 g/mol. The molecule has 1 fully saturated rings. The highest BCUT2D eigenvalue weighted by atomic mass is 19.4. The number of carbonyl (C=O) groups is 1. The molecule has 1 saturated carbocycles. The fourth-order valence-corrected chi connectivity index (χ4v) is 4.71. The van der Waals surface area contributed by atoms with E-state index in [9.17, 15) is 18.0 Å². The average molecular weight is 539 g/mol. The first-order valence-corrected chi connectivity index (χ1v) is 13.3. The molecule has 208 valence electrons. The van der Waals surface area contributed by atoms with Crippen LogP contribution in [0.1, 0.15) is 80.9 Å². The smallest absolute Gasteiger partial charge is 0.321 e. The van der Waals surface area contributed by atoms with Crippen LogP contribution < -0.4 is 5.32 Å². The van der Waals surface area contributed by atoms with Crippen LogP contribution in [0.25, 0.3) is 11.9 Å². The zero-order chi connectivity index (χ0) is 28.7. The first-order valence-electron chi connectivity index (χ1n) is 13.3. The lowest BCUT2D eigenvalue weighted by atomic mass is 9.81. The summed E-state index contributed by atoms with van der Waals surface area (Å²) < 4.78 is 41.7. The predicted octanol–water partition coefficient (Wildman–Crippen LogP) is 8.42. The van der Waals surface area contributed by atoms with Crippen molar-refractivity contribution in [2.24, 2.45) is 10.9 Å². The van der Waals surface area contributed by atoms with Gasteiger partial charge < -0.3 is 5.32 Å². The van der Waals surface area contributed by atoms with Gasteiger partial charge in [0.05, 0.1) is 17.3 Å². The van der Waals surface area contributed by atoms with E-state index in [0.717, 1.165) is 35.5 Å². The minimum Gasteiger partial charge on any atom is -0.321 e. The molecule has 1 aliphatic carbocycles. The highest BCUT2D eigenvalue weighted by molar-refractivity contribution is 6.05. The van der Waals surface area contributed by atoms with Gasteiger partial charge in [0.1, 0.15) is 11.5 Å². The zero-order valence-corrected chi connectivity index (χ0v) is 23.2. The van der Waals surface area contributed by atoms with Gasteiger partial charge in [-0.15, -0.1) is 0 Å². The molecule has 1 aromatic heterocycles. The SMILES string of the molecule is C=C/C=C\n1c(CCC)nc(CC)c1C(=O)Nc1ccc(C(=C)N=C2CCC(C(F)(F)F)CC2=C(C)C)cc1. The number of amides is 1. The lowest BCUT2D eigenvalue weighted by Crippen LogP contribution is -2.29. The summed E-state index contributed by atoms with van der Waals surface area (Å²) in [6.45, 7) is 15.4. The standard InChI is InChI=1S/C31H37F3N4O/c1-7-10-18-38-28(11-8-2)37-26(9-3)29(38)30(39)36-24-15-12-22(13-16-24)21(6)35-27-17-14-23(31(32,33)34)19-25(27)20(4)5/h7,10,12-13,15-16,18,23H,1,6,8-9,11,14,17,19H2,2-5H3,(H,36,39)/b18-10-,35-27?. The molecular weight excluding hydrogens is 501 g/mol. The number of aliphatic imine (C=N–C) groups is 1. The number of anilines is 1. The van der Waals surface area contributed by atoms with Gasteiger partial charge in [-0.25, -0.2) is 4.98 Å². The number of alkyl halides is 3. The van der Waals surface area contributed by atoms with Crippen LogP contribution in [0.5, 0.6) is 0 Å². The van der Waals surface area contributed by atoms with Gasteiger partial charge in [-0.2, -0.15) is 13.2 Å². The fourth-order valence-electron chi connectivity index (χ4n) is 4.71. The third kappa shape index (κ3) is 7.25. The summed E-state index contributed by atoms with van der Waals surface area (Å²) in [5.41, 5.74) is 5.16. The maximum atomic E-state index is 13.3. The number of aryl methyl sites for hydroxylation is 2. The molecule has 0 saturated heterocycles. The molecule has 5 nitrogen and oxygen atoms in total. The van der Waals surface area contributed by atoms with Crippen molar-refractivity contribution in [3.63, 3.8) is 0 Å². The quantitative estimate of drug-likeness (QED) is 0.326. The largest absolute Gasteiger partial charge is 0.392 e. The number of allylic oxidation sites excluding steroid dienone is 4. The number of hydrogen-bond acceptors (Lipinski definition) is 3. The van der Waals surface area contributed by atoms with Crippen molar-refractivity contribution in [1.82, 2.24) is 9.55 Å². The molecule has 2 aromatic rings. The summed E-state index contributed by atoms with van der Waals surface area (Å²) in [4.78, 5) is 22.6. The van der Waals surface area contributed by atoms with Crippen LogP contribution in [0.3, 0.4) is 0 Å². The molecule has 0 aliphatic heterocycles. The van der Waals surface area contributed by atoms with E-state index in [1.54, 1.807) is 42.6 Å². The summed E-state index contributed by atoms with van der Waals surface area (Å²) in [6.07, 6.45) is 3.50. The van der Waals surface area contributed by atoms with Gasteiger partial charge >= 0.3 is 6.18 Å². The number of benzene rings is 1. The summed E-state index contributed by atoms with van der Waals surface area (Å²) in [6, 6.07) is 7.12. The van der Waals surface area contributed by atoms with Crippen molar-refractivity contribution in [2.45, 2.75) is 72.4 Å². The lowest BCUT2D eigenvalue weighted by molar-refractivity contribution is -0.176. The van der Waals surface area contributed by atoms with Crippen LogP contribution in [0.4, 0.5) is 18.9 Å². The molecule has 1 unspecified atom stereocenters. The van der Waals surface area contributed by atoms with Gasteiger partial charge in [-0.3, -0.25) is 14.4 Å². The summed E-state index contributed by atoms with van der Waals surface area (Å²) in [5, 5.41) is 2.95. The van der Waals surface area contributed by atoms with E-state index in [-0.39, 0.29) is 25.2 Å². The summed E-state index contributed by atoms with van der Waals surface area (Å²) >= 11 is 0. The molecule has 1 aliphatic rings. The van der Waals surface area contributed by atoms with E-state index >= 15 is 0 Å². The number of imidazole rings is 1. The second-order valence-electron chi connectivity index (χ2n) is 9.87. The second kappa shape index (κ2) is 12.9. The maximum Gasteiger partial charge on any atom is 0.392 e.